The fraction of sp³-hybridized carbons (Fsp3) is 0.533. The number of rotatable bonds is 2. The van der Waals surface area contributed by atoms with Crippen molar-refractivity contribution in [1.82, 2.24) is 4.31 Å². The van der Waals surface area contributed by atoms with E-state index >= 15 is 0 Å². The minimum atomic E-state index is -3.33. The second-order valence-electron chi connectivity index (χ2n) is 5.75. The Morgan fingerprint density at radius 2 is 1.95 bits per heavy atom. The molecule has 114 valence electrons. The van der Waals surface area contributed by atoms with Gasteiger partial charge in [-0.25, -0.2) is 8.42 Å². The fourth-order valence-corrected chi connectivity index (χ4v) is 4.44. The molecule has 5 nitrogen and oxygen atoms in total. The monoisotopic (exact) mass is 308 g/mol. The van der Waals surface area contributed by atoms with Gasteiger partial charge in [-0.05, 0) is 37.3 Å². The van der Waals surface area contributed by atoms with E-state index in [0.29, 0.717) is 19.5 Å². The van der Waals surface area contributed by atoms with Gasteiger partial charge in [0.15, 0.2) is 0 Å². The number of amides is 1. The largest absolute Gasteiger partial charge is 0.311 e. The molecule has 2 heterocycles. The van der Waals surface area contributed by atoms with Gasteiger partial charge in [0, 0.05) is 18.8 Å². The molecule has 2 aliphatic rings. The first-order valence-electron chi connectivity index (χ1n) is 7.34. The molecule has 1 saturated heterocycles. The number of carbonyl (C=O) groups excluding carboxylic acids is 1. The number of benzene rings is 1. The molecule has 0 spiro atoms. The van der Waals surface area contributed by atoms with Crippen molar-refractivity contribution in [1.29, 1.82) is 0 Å². The van der Waals surface area contributed by atoms with Gasteiger partial charge in [-0.15, -0.1) is 0 Å². The van der Waals surface area contributed by atoms with Crippen LogP contribution >= 0.6 is 0 Å². The summed E-state index contributed by atoms with van der Waals surface area (Å²) in [6.07, 6.45) is 4.45. The third kappa shape index (κ3) is 2.70. The molecule has 1 atom stereocenters. The van der Waals surface area contributed by atoms with E-state index in [4.69, 9.17) is 0 Å². The molecule has 1 amide bonds. The van der Waals surface area contributed by atoms with Crippen molar-refractivity contribution >= 4 is 21.6 Å². The molecule has 1 fully saturated rings. The number of hydrogen-bond acceptors (Lipinski definition) is 3. The maximum atomic E-state index is 12.8. The highest BCUT2D eigenvalue weighted by molar-refractivity contribution is 7.88. The molecule has 3 rings (SSSR count). The molecular weight excluding hydrogens is 288 g/mol. The van der Waals surface area contributed by atoms with Crippen LogP contribution in [-0.4, -0.2) is 44.0 Å². The van der Waals surface area contributed by atoms with Crippen LogP contribution in [0.3, 0.4) is 0 Å². The van der Waals surface area contributed by atoms with Gasteiger partial charge >= 0.3 is 0 Å². The lowest BCUT2D eigenvalue weighted by Crippen LogP contribution is -2.49. The van der Waals surface area contributed by atoms with Crippen molar-refractivity contribution in [2.45, 2.75) is 31.7 Å². The summed E-state index contributed by atoms with van der Waals surface area (Å²) in [5.41, 5.74) is 2.11. The molecule has 1 aromatic rings. The molecule has 6 heteroatoms. The Bertz CT molecular complexity index is 657. The van der Waals surface area contributed by atoms with E-state index in [2.05, 4.69) is 0 Å². The molecule has 0 N–H and O–H groups in total. The predicted octanol–water partition coefficient (Wildman–Crippen LogP) is 1.39. The average molecular weight is 308 g/mol. The lowest BCUT2D eigenvalue weighted by atomic mass is 10.0. The van der Waals surface area contributed by atoms with Crippen molar-refractivity contribution in [3.63, 3.8) is 0 Å². The standard InChI is InChI=1S/C15H20N2O3S/c1-21(19,20)17-11-5-9-14(17)15(18)16-10-4-7-12-6-2-3-8-13(12)16/h2-3,6,8,14H,4-5,7,9-11H2,1H3. The number of hydrogen-bond donors (Lipinski definition) is 0. The minimum Gasteiger partial charge on any atom is -0.311 e. The predicted molar refractivity (Wildman–Crippen MR) is 81.7 cm³/mol. The number of sulfonamides is 1. The van der Waals surface area contributed by atoms with Crippen LogP contribution in [0, 0.1) is 0 Å². The van der Waals surface area contributed by atoms with Gasteiger partial charge < -0.3 is 4.90 Å². The van der Waals surface area contributed by atoms with E-state index in [-0.39, 0.29) is 5.91 Å². The quantitative estimate of drug-likeness (QED) is 0.829. The zero-order valence-electron chi connectivity index (χ0n) is 12.2. The normalized spacial score (nSPS) is 23.1. The molecule has 1 unspecified atom stereocenters. The number of fused-ring (bicyclic) bond motifs is 1. The van der Waals surface area contributed by atoms with E-state index in [0.717, 1.165) is 24.9 Å². The molecule has 21 heavy (non-hydrogen) atoms. The SMILES string of the molecule is CS(=O)(=O)N1CCCC1C(=O)N1CCCc2ccccc21. The molecule has 0 aromatic heterocycles. The number of carbonyl (C=O) groups is 1. The van der Waals surface area contributed by atoms with Gasteiger partial charge in [0.25, 0.3) is 0 Å². The Morgan fingerprint density at radius 1 is 1.19 bits per heavy atom. The Kier molecular flexibility index (Phi) is 3.75. The molecular formula is C15H20N2O3S. The van der Waals surface area contributed by atoms with E-state index in [1.165, 1.54) is 16.1 Å². The number of anilines is 1. The van der Waals surface area contributed by atoms with Gasteiger partial charge in [-0.2, -0.15) is 4.31 Å². The van der Waals surface area contributed by atoms with Crippen LogP contribution in [-0.2, 0) is 21.2 Å². The Morgan fingerprint density at radius 3 is 2.71 bits per heavy atom. The molecule has 0 bridgehead atoms. The van der Waals surface area contributed by atoms with Gasteiger partial charge in [0.2, 0.25) is 15.9 Å². The van der Waals surface area contributed by atoms with Crippen LogP contribution in [0.5, 0.6) is 0 Å². The molecule has 2 aliphatic heterocycles. The summed E-state index contributed by atoms with van der Waals surface area (Å²) in [5, 5.41) is 0. The van der Waals surface area contributed by atoms with Crippen LogP contribution in [0.2, 0.25) is 0 Å². The van der Waals surface area contributed by atoms with Crippen molar-refractivity contribution < 1.29 is 13.2 Å². The fourth-order valence-electron chi connectivity index (χ4n) is 3.33. The molecule has 0 radical (unpaired) electrons. The molecule has 1 aromatic carbocycles. The van der Waals surface area contributed by atoms with Crippen LogP contribution in [0.1, 0.15) is 24.8 Å². The van der Waals surface area contributed by atoms with Crippen molar-refractivity contribution in [3.8, 4) is 0 Å². The lowest BCUT2D eigenvalue weighted by molar-refractivity contribution is -0.121. The molecule has 0 aliphatic carbocycles. The summed E-state index contributed by atoms with van der Waals surface area (Å²) in [4.78, 5) is 14.6. The first-order valence-corrected chi connectivity index (χ1v) is 9.19. The third-order valence-electron chi connectivity index (χ3n) is 4.29. The summed E-state index contributed by atoms with van der Waals surface area (Å²) < 4.78 is 25.0. The number of nitrogens with zero attached hydrogens (tertiary/aromatic N) is 2. The van der Waals surface area contributed by atoms with Gasteiger partial charge in [0.1, 0.15) is 6.04 Å². The molecule has 0 saturated carbocycles. The number of para-hydroxylation sites is 1. The van der Waals surface area contributed by atoms with E-state index in [9.17, 15) is 13.2 Å². The summed E-state index contributed by atoms with van der Waals surface area (Å²) in [6, 6.07) is 7.36. The van der Waals surface area contributed by atoms with Gasteiger partial charge in [-0.1, -0.05) is 18.2 Å². The first-order chi connectivity index (χ1) is 9.98. The summed E-state index contributed by atoms with van der Waals surface area (Å²) >= 11 is 0. The second kappa shape index (κ2) is 5.42. The van der Waals surface area contributed by atoms with Crippen LogP contribution in [0.25, 0.3) is 0 Å². The van der Waals surface area contributed by atoms with E-state index in [1.807, 2.05) is 24.3 Å². The topological polar surface area (TPSA) is 57.7 Å². The summed E-state index contributed by atoms with van der Waals surface area (Å²) in [7, 11) is -3.33. The average Bonchev–Trinajstić information content (AvgIpc) is 2.95. The van der Waals surface area contributed by atoms with Gasteiger partial charge in [-0.3, -0.25) is 4.79 Å². The van der Waals surface area contributed by atoms with E-state index < -0.39 is 16.1 Å². The third-order valence-corrected chi connectivity index (χ3v) is 5.58. The van der Waals surface area contributed by atoms with Crippen LogP contribution < -0.4 is 4.90 Å². The van der Waals surface area contributed by atoms with Crippen molar-refractivity contribution in [3.05, 3.63) is 29.8 Å². The van der Waals surface area contributed by atoms with Crippen molar-refractivity contribution in [2.24, 2.45) is 0 Å². The maximum Gasteiger partial charge on any atom is 0.245 e. The summed E-state index contributed by atoms with van der Waals surface area (Å²) in [5.74, 6) is -0.0786. The summed E-state index contributed by atoms with van der Waals surface area (Å²) in [6.45, 7) is 1.12. The minimum absolute atomic E-state index is 0.0786. The highest BCUT2D eigenvalue weighted by Crippen LogP contribution is 2.30. The number of aryl methyl sites for hydroxylation is 1. The first kappa shape index (κ1) is 14.5. The maximum absolute atomic E-state index is 12.8. The van der Waals surface area contributed by atoms with Crippen LogP contribution in [0.4, 0.5) is 5.69 Å². The van der Waals surface area contributed by atoms with Crippen LogP contribution in [0.15, 0.2) is 24.3 Å². The smallest absolute Gasteiger partial charge is 0.245 e. The Labute approximate surface area is 125 Å². The van der Waals surface area contributed by atoms with Gasteiger partial charge in [0.05, 0.1) is 6.26 Å². The highest BCUT2D eigenvalue weighted by Gasteiger charge is 2.39. The second-order valence-corrected chi connectivity index (χ2v) is 7.69. The zero-order valence-corrected chi connectivity index (χ0v) is 13.0. The Balaban J connectivity index is 1.90. The highest BCUT2D eigenvalue weighted by atomic mass is 32.2. The zero-order chi connectivity index (χ0) is 15.0. The Hall–Kier alpha value is -1.40. The lowest BCUT2D eigenvalue weighted by Gasteiger charge is -2.33. The van der Waals surface area contributed by atoms with Crippen molar-refractivity contribution in [2.75, 3.05) is 24.2 Å². The van der Waals surface area contributed by atoms with E-state index in [1.54, 1.807) is 4.90 Å².